The third kappa shape index (κ3) is 4.24. The fourth-order valence-electron chi connectivity index (χ4n) is 1.87. The van der Waals surface area contributed by atoms with E-state index in [4.69, 9.17) is 0 Å². The van der Waals surface area contributed by atoms with Crippen LogP contribution >= 0.6 is 38.5 Å². The van der Waals surface area contributed by atoms with Crippen LogP contribution in [0.25, 0.3) is 0 Å². The molecule has 23 heavy (non-hydrogen) atoms. The molecule has 122 valence electrons. The molecule has 0 aromatic heterocycles. The first-order valence-corrected chi connectivity index (χ1v) is 9.77. The molecular formula is C15H13BrINO4S. The lowest BCUT2D eigenvalue weighted by Gasteiger charge is -2.24. The van der Waals surface area contributed by atoms with Gasteiger partial charge in [0.25, 0.3) is 10.0 Å². The number of halogens is 2. The van der Waals surface area contributed by atoms with E-state index >= 15 is 0 Å². The highest BCUT2D eigenvalue weighted by atomic mass is 127. The molecule has 0 N–H and O–H groups in total. The van der Waals surface area contributed by atoms with Crippen LogP contribution in [0, 0.1) is 3.57 Å². The van der Waals surface area contributed by atoms with E-state index in [1.54, 1.807) is 36.4 Å². The highest BCUT2D eigenvalue weighted by Gasteiger charge is 2.28. The van der Waals surface area contributed by atoms with E-state index in [1.165, 1.54) is 19.2 Å². The maximum Gasteiger partial charge on any atom is 0.326 e. The van der Waals surface area contributed by atoms with Crippen molar-refractivity contribution in [1.82, 2.24) is 0 Å². The number of nitrogens with zero attached hydrogens (tertiary/aromatic N) is 1. The third-order valence-corrected chi connectivity index (χ3v) is 6.24. The summed E-state index contributed by atoms with van der Waals surface area (Å²) in [6.45, 7) is -0.394. The number of carbonyl (C=O) groups is 1. The number of sulfonamides is 1. The molecule has 0 saturated heterocycles. The van der Waals surface area contributed by atoms with E-state index in [9.17, 15) is 13.2 Å². The van der Waals surface area contributed by atoms with Gasteiger partial charge in [-0.2, -0.15) is 0 Å². The van der Waals surface area contributed by atoms with E-state index in [1.807, 2.05) is 22.6 Å². The minimum Gasteiger partial charge on any atom is -0.468 e. The van der Waals surface area contributed by atoms with Crippen molar-refractivity contribution in [2.24, 2.45) is 0 Å². The summed E-state index contributed by atoms with van der Waals surface area (Å²) in [7, 11) is -2.67. The zero-order chi connectivity index (χ0) is 17.0. The lowest BCUT2D eigenvalue weighted by molar-refractivity contribution is -0.138. The van der Waals surface area contributed by atoms with Gasteiger partial charge in [-0.1, -0.05) is 28.1 Å². The minimum absolute atomic E-state index is 0.101. The number of para-hydroxylation sites is 1. The fourth-order valence-corrected chi connectivity index (χ4v) is 4.40. The normalized spacial score (nSPS) is 11.1. The molecule has 0 aliphatic heterocycles. The zero-order valence-electron chi connectivity index (χ0n) is 12.1. The van der Waals surface area contributed by atoms with Crippen molar-refractivity contribution in [1.29, 1.82) is 0 Å². The molecule has 0 saturated carbocycles. The molecule has 2 aromatic carbocycles. The Balaban J connectivity index is 2.54. The number of benzene rings is 2. The molecule has 0 radical (unpaired) electrons. The number of ether oxygens (including phenoxy) is 1. The second kappa shape index (κ2) is 7.63. The quantitative estimate of drug-likeness (QED) is 0.457. The summed E-state index contributed by atoms with van der Waals surface area (Å²) >= 11 is 5.31. The molecule has 0 atom stereocenters. The molecule has 2 rings (SSSR count). The van der Waals surface area contributed by atoms with Gasteiger partial charge in [0.1, 0.15) is 6.54 Å². The second-order valence-electron chi connectivity index (χ2n) is 4.49. The Morgan fingerprint density at radius 2 is 1.78 bits per heavy atom. The molecule has 0 spiro atoms. The van der Waals surface area contributed by atoms with Crippen molar-refractivity contribution in [2.45, 2.75) is 4.90 Å². The lowest BCUT2D eigenvalue weighted by Crippen LogP contribution is -2.36. The summed E-state index contributed by atoms with van der Waals surface area (Å²) in [5, 5.41) is 0. The van der Waals surface area contributed by atoms with Gasteiger partial charge in [-0.25, -0.2) is 8.42 Å². The number of esters is 1. The first kappa shape index (κ1) is 18.2. The number of anilines is 1. The number of methoxy groups -OCH3 is 1. The molecule has 0 bridgehead atoms. The van der Waals surface area contributed by atoms with Crippen molar-refractivity contribution in [3.05, 3.63) is 56.6 Å². The van der Waals surface area contributed by atoms with Crippen molar-refractivity contribution in [3.8, 4) is 0 Å². The number of hydrogen-bond acceptors (Lipinski definition) is 4. The van der Waals surface area contributed by atoms with E-state index in [-0.39, 0.29) is 4.90 Å². The van der Waals surface area contributed by atoms with Crippen LogP contribution < -0.4 is 4.31 Å². The predicted molar refractivity (Wildman–Crippen MR) is 99.8 cm³/mol. The van der Waals surface area contributed by atoms with Crippen molar-refractivity contribution >= 4 is 60.2 Å². The van der Waals surface area contributed by atoms with Crippen LogP contribution in [0.4, 0.5) is 5.69 Å². The molecule has 5 nitrogen and oxygen atoms in total. The van der Waals surface area contributed by atoms with Gasteiger partial charge >= 0.3 is 5.97 Å². The van der Waals surface area contributed by atoms with Crippen LogP contribution in [0.3, 0.4) is 0 Å². The maximum atomic E-state index is 12.9. The third-order valence-electron chi connectivity index (χ3n) is 3.02. The maximum absolute atomic E-state index is 12.9. The van der Waals surface area contributed by atoms with Gasteiger partial charge in [0.15, 0.2) is 0 Å². The monoisotopic (exact) mass is 509 g/mol. The van der Waals surface area contributed by atoms with E-state index in [0.29, 0.717) is 5.69 Å². The number of carbonyl (C=O) groups excluding carboxylic acids is 1. The van der Waals surface area contributed by atoms with Crippen LogP contribution in [0.15, 0.2) is 57.9 Å². The molecule has 8 heteroatoms. The Kier molecular flexibility index (Phi) is 6.04. The van der Waals surface area contributed by atoms with Gasteiger partial charge in [0, 0.05) is 8.04 Å². The highest BCUT2D eigenvalue weighted by molar-refractivity contribution is 14.1. The topological polar surface area (TPSA) is 63.7 Å². The molecule has 0 unspecified atom stereocenters. The van der Waals surface area contributed by atoms with E-state index in [0.717, 1.165) is 12.3 Å². The van der Waals surface area contributed by atoms with Gasteiger partial charge < -0.3 is 4.74 Å². The van der Waals surface area contributed by atoms with Gasteiger partial charge in [-0.3, -0.25) is 9.10 Å². The Hall–Kier alpha value is -1.13. The SMILES string of the molecule is COC(=O)CN(c1ccccc1I)S(=O)(=O)c1ccc(Br)cc1. The first-order chi connectivity index (χ1) is 10.9. The average Bonchev–Trinajstić information content (AvgIpc) is 2.53. The number of hydrogen-bond donors (Lipinski definition) is 0. The van der Waals surface area contributed by atoms with Crippen LogP contribution in [0.5, 0.6) is 0 Å². The summed E-state index contributed by atoms with van der Waals surface area (Å²) in [5.74, 6) is -0.634. The molecular weight excluding hydrogens is 497 g/mol. The Bertz CT molecular complexity index is 808. The Labute approximate surface area is 157 Å². The number of rotatable bonds is 5. The minimum atomic E-state index is -3.89. The molecule has 0 aliphatic carbocycles. The van der Waals surface area contributed by atoms with E-state index in [2.05, 4.69) is 20.7 Å². The fraction of sp³-hybridized carbons (Fsp3) is 0.133. The van der Waals surface area contributed by atoms with Gasteiger partial charge in [-0.15, -0.1) is 0 Å². The average molecular weight is 510 g/mol. The summed E-state index contributed by atoms with van der Waals surface area (Å²) in [4.78, 5) is 11.8. The molecule has 0 aliphatic rings. The van der Waals surface area contributed by atoms with Crippen molar-refractivity contribution in [2.75, 3.05) is 18.0 Å². The van der Waals surface area contributed by atoms with Crippen LogP contribution in [-0.4, -0.2) is 28.0 Å². The van der Waals surface area contributed by atoms with Crippen LogP contribution in [-0.2, 0) is 19.6 Å². The molecule has 2 aromatic rings. The highest BCUT2D eigenvalue weighted by Crippen LogP contribution is 2.28. The van der Waals surface area contributed by atoms with Crippen molar-refractivity contribution in [3.63, 3.8) is 0 Å². The van der Waals surface area contributed by atoms with Crippen LogP contribution in [0.2, 0.25) is 0 Å². The second-order valence-corrected chi connectivity index (χ2v) is 8.43. The van der Waals surface area contributed by atoms with E-state index < -0.39 is 22.5 Å². The van der Waals surface area contributed by atoms with Crippen LogP contribution in [0.1, 0.15) is 0 Å². The van der Waals surface area contributed by atoms with Gasteiger partial charge in [0.05, 0.1) is 17.7 Å². The molecule has 0 amide bonds. The molecule has 0 heterocycles. The Morgan fingerprint density at radius 1 is 1.17 bits per heavy atom. The van der Waals surface area contributed by atoms with Crippen molar-refractivity contribution < 1.29 is 17.9 Å². The predicted octanol–water partition coefficient (Wildman–Crippen LogP) is 3.42. The largest absolute Gasteiger partial charge is 0.468 e. The Morgan fingerprint density at radius 3 is 2.35 bits per heavy atom. The summed E-state index contributed by atoms with van der Waals surface area (Å²) in [6, 6.07) is 13.2. The smallest absolute Gasteiger partial charge is 0.326 e. The van der Waals surface area contributed by atoms with Gasteiger partial charge in [-0.05, 0) is 59.0 Å². The summed E-state index contributed by atoms with van der Waals surface area (Å²) < 4.78 is 33.1. The summed E-state index contributed by atoms with van der Waals surface area (Å²) in [6.07, 6.45) is 0. The lowest BCUT2D eigenvalue weighted by atomic mass is 10.3. The first-order valence-electron chi connectivity index (χ1n) is 6.46. The van der Waals surface area contributed by atoms with Gasteiger partial charge in [0.2, 0.25) is 0 Å². The zero-order valence-corrected chi connectivity index (χ0v) is 16.6. The standard InChI is InChI=1S/C15H13BrINO4S/c1-22-15(19)10-18(14-5-3-2-4-13(14)17)23(20,21)12-8-6-11(16)7-9-12/h2-9H,10H2,1H3. The summed E-state index contributed by atoms with van der Waals surface area (Å²) in [5.41, 5.74) is 0.432. The molecule has 0 fully saturated rings.